The Balaban J connectivity index is 2.46. The van der Waals surface area contributed by atoms with Crippen LogP contribution >= 0.6 is 0 Å². The summed E-state index contributed by atoms with van der Waals surface area (Å²) in [6.07, 6.45) is -1.66. The van der Waals surface area contributed by atoms with Gasteiger partial charge in [-0.05, 0) is 6.42 Å². The van der Waals surface area contributed by atoms with E-state index in [1.54, 1.807) is 7.05 Å². The van der Waals surface area contributed by atoms with Gasteiger partial charge in [-0.3, -0.25) is 0 Å². The molecule has 0 aromatic rings. The Bertz CT molecular complexity index is 175. The van der Waals surface area contributed by atoms with Crippen molar-refractivity contribution in [2.45, 2.75) is 12.8 Å². The fraction of sp³-hybridized carbons (Fsp3) is 0.857. The number of carbonyl (C=O) groups is 1. The lowest BCUT2D eigenvalue weighted by atomic mass is 10.3. The standard InChI is InChI=1S/C7H12F2N2O/c1-10-3-2-4-11(7(10)12)5-6(8)9/h6H,2-5H2,1H3. The van der Waals surface area contributed by atoms with Crippen molar-refractivity contribution in [3.8, 4) is 0 Å². The lowest BCUT2D eigenvalue weighted by Gasteiger charge is -2.32. The molecule has 0 spiro atoms. The third-order valence-corrected chi connectivity index (χ3v) is 1.88. The molecule has 0 aromatic carbocycles. The molecule has 0 aromatic heterocycles. The van der Waals surface area contributed by atoms with Crippen molar-refractivity contribution < 1.29 is 13.6 Å². The van der Waals surface area contributed by atoms with Gasteiger partial charge in [-0.2, -0.15) is 0 Å². The number of alkyl halides is 2. The summed E-state index contributed by atoms with van der Waals surface area (Å²) < 4.78 is 23.8. The first-order chi connectivity index (χ1) is 5.61. The molecule has 1 saturated heterocycles. The molecule has 0 unspecified atom stereocenters. The summed E-state index contributed by atoms with van der Waals surface area (Å²) >= 11 is 0. The van der Waals surface area contributed by atoms with Crippen LogP contribution in [0.2, 0.25) is 0 Å². The van der Waals surface area contributed by atoms with Gasteiger partial charge in [-0.1, -0.05) is 0 Å². The average Bonchev–Trinajstić information content (AvgIpc) is 1.98. The van der Waals surface area contributed by atoms with Crippen LogP contribution in [0, 0.1) is 0 Å². The Morgan fingerprint density at radius 1 is 1.50 bits per heavy atom. The molecule has 0 aliphatic carbocycles. The van der Waals surface area contributed by atoms with Crippen LogP contribution in [-0.2, 0) is 0 Å². The number of hydrogen-bond acceptors (Lipinski definition) is 1. The number of nitrogens with zero attached hydrogens (tertiary/aromatic N) is 2. The van der Waals surface area contributed by atoms with Crippen LogP contribution < -0.4 is 0 Å². The van der Waals surface area contributed by atoms with Crippen LogP contribution in [0.3, 0.4) is 0 Å². The van der Waals surface area contributed by atoms with Crippen LogP contribution in [0.4, 0.5) is 13.6 Å². The second kappa shape index (κ2) is 3.69. The highest BCUT2D eigenvalue weighted by molar-refractivity contribution is 5.74. The van der Waals surface area contributed by atoms with Gasteiger partial charge in [-0.15, -0.1) is 0 Å². The number of rotatable bonds is 2. The van der Waals surface area contributed by atoms with Gasteiger partial charge in [0.1, 0.15) is 0 Å². The van der Waals surface area contributed by atoms with E-state index < -0.39 is 13.0 Å². The molecule has 0 atom stereocenters. The fourth-order valence-corrected chi connectivity index (χ4v) is 1.27. The predicted molar refractivity (Wildman–Crippen MR) is 40.2 cm³/mol. The van der Waals surface area contributed by atoms with E-state index in [1.165, 1.54) is 9.80 Å². The molecular formula is C7H12F2N2O. The summed E-state index contributed by atoms with van der Waals surface area (Å²) in [6.45, 7) is 0.676. The lowest BCUT2D eigenvalue weighted by Crippen LogP contribution is -2.48. The first kappa shape index (κ1) is 9.22. The van der Waals surface area contributed by atoms with E-state index in [1.807, 2.05) is 0 Å². The highest BCUT2D eigenvalue weighted by atomic mass is 19.3. The first-order valence-electron chi connectivity index (χ1n) is 3.89. The molecule has 0 N–H and O–H groups in total. The second-order valence-electron chi connectivity index (χ2n) is 2.89. The van der Waals surface area contributed by atoms with Crippen LogP contribution in [0.1, 0.15) is 6.42 Å². The maximum Gasteiger partial charge on any atom is 0.319 e. The molecular weight excluding hydrogens is 166 g/mol. The molecule has 1 rings (SSSR count). The smallest absolute Gasteiger partial charge is 0.319 e. The molecule has 0 radical (unpaired) electrons. The van der Waals surface area contributed by atoms with E-state index in [4.69, 9.17) is 0 Å². The zero-order chi connectivity index (χ0) is 9.14. The fourth-order valence-electron chi connectivity index (χ4n) is 1.27. The third-order valence-electron chi connectivity index (χ3n) is 1.88. The van der Waals surface area contributed by atoms with E-state index in [0.29, 0.717) is 13.1 Å². The number of hydrogen-bond donors (Lipinski definition) is 0. The topological polar surface area (TPSA) is 23.6 Å². The van der Waals surface area contributed by atoms with Gasteiger partial charge in [0.05, 0.1) is 6.54 Å². The predicted octanol–water partition coefficient (Wildman–Crippen LogP) is 1.01. The van der Waals surface area contributed by atoms with Gasteiger partial charge in [0.2, 0.25) is 0 Å². The quantitative estimate of drug-likeness (QED) is 0.619. The summed E-state index contributed by atoms with van der Waals surface area (Å²) in [7, 11) is 1.62. The summed E-state index contributed by atoms with van der Waals surface area (Å²) in [4.78, 5) is 13.8. The lowest BCUT2D eigenvalue weighted by molar-refractivity contribution is 0.0760. The van der Waals surface area contributed by atoms with Gasteiger partial charge in [0, 0.05) is 20.1 Å². The van der Waals surface area contributed by atoms with E-state index in [0.717, 1.165) is 6.42 Å². The van der Waals surface area contributed by atoms with Gasteiger partial charge in [0.25, 0.3) is 6.43 Å². The van der Waals surface area contributed by atoms with Crippen LogP contribution in [0.25, 0.3) is 0 Å². The summed E-state index contributed by atoms with van der Waals surface area (Å²) in [5.74, 6) is 0. The number of carbonyl (C=O) groups excluding carboxylic acids is 1. The Morgan fingerprint density at radius 3 is 2.75 bits per heavy atom. The third kappa shape index (κ3) is 2.06. The van der Waals surface area contributed by atoms with Crippen molar-refractivity contribution in [2.75, 3.05) is 26.7 Å². The normalized spacial score (nSPS) is 19.2. The maximum absolute atomic E-state index is 11.9. The summed E-state index contributed by atoms with van der Waals surface area (Å²) in [5, 5.41) is 0. The number of urea groups is 1. The van der Waals surface area contributed by atoms with E-state index in [9.17, 15) is 13.6 Å². The van der Waals surface area contributed by atoms with Gasteiger partial charge >= 0.3 is 6.03 Å². The molecule has 1 aliphatic heterocycles. The minimum Gasteiger partial charge on any atom is -0.328 e. The summed E-state index contributed by atoms with van der Waals surface area (Å²) in [6, 6.07) is -0.290. The van der Waals surface area contributed by atoms with Crippen molar-refractivity contribution >= 4 is 6.03 Å². The average molecular weight is 178 g/mol. The minimum absolute atomic E-state index is 0.290. The van der Waals surface area contributed by atoms with Crippen LogP contribution in [0.15, 0.2) is 0 Å². The molecule has 3 nitrogen and oxygen atoms in total. The molecule has 1 aliphatic rings. The maximum atomic E-state index is 11.9. The summed E-state index contributed by atoms with van der Waals surface area (Å²) in [5.41, 5.74) is 0. The van der Waals surface area contributed by atoms with Gasteiger partial charge in [0.15, 0.2) is 0 Å². The van der Waals surface area contributed by atoms with Gasteiger partial charge < -0.3 is 9.80 Å². The largest absolute Gasteiger partial charge is 0.328 e. The Hall–Kier alpha value is -0.870. The highest BCUT2D eigenvalue weighted by Crippen LogP contribution is 2.08. The first-order valence-corrected chi connectivity index (χ1v) is 3.89. The van der Waals surface area contributed by atoms with Crippen LogP contribution in [-0.4, -0.2) is 48.9 Å². The minimum atomic E-state index is -2.43. The van der Waals surface area contributed by atoms with Crippen molar-refractivity contribution in [1.82, 2.24) is 9.80 Å². The van der Waals surface area contributed by atoms with Crippen molar-refractivity contribution in [2.24, 2.45) is 0 Å². The van der Waals surface area contributed by atoms with Crippen LogP contribution in [0.5, 0.6) is 0 Å². The zero-order valence-electron chi connectivity index (χ0n) is 6.96. The van der Waals surface area contributed by atoms with E-state index in [-0.39, 0.29) is 6.03 Å². The zero-order valence-corrected chi connectivity index (χ0v) is 6.96. The van der Waals surface area contributed by atoms with Crippen molar-refractivity contribution in [3.05, 3.63) is 0 Å². The van der Waals surface area contributed by atoms with Gasteiger partial charge in [-0.25, -0.2) is 13.6 Å². The molecule has 1 heterocycles. The molecule has 5 heteroatoms. The highest BCUT2D eigenvalue weighted by Gasteiger charge is 2.24. The second-order valence-corrected chi connectivity index (χ2v) is 2.89. The Kier molecular flexibility index (Phi) is 2.83. The number of halogens is 2. The Morgan fingerprint density at radius 2 is 2.17 bits per heavy atom. The molecule has 1 fully saturated rings. The molecule has 70 valence electrons. The monoisotopic (exact) mass is 178 g/mol. The molecule has 2 amide bonds. The van der Waals surface area contributed by atoms with E-state index >= 15 is 0 Å². The van der Waals surface area contributed by atoms with E-state index in [2.05, 4.69) is 0 Å². The van der Waals surface area contributed by atoms with Crippen molar-refractivity contribution in [3.63, 3.8) is 0 Å². The molecule has 0 bridgehead atoms. The Labute approximate surface area is 69.9 Å². The molecule has 12 heavy (non-hydrogen) atoms. The SMILES string of the molecule is CN1CCCN(CC(F)F)C1=O. The number of amides is 2. The van der Waals surface area contributed by atoms with Crippen molar-refractivity contribution in [1.29, 1.82) is 0 Å². The molecule has 0 saturated carbocycles.